The van der Waals surface area contributed by atoms with Gasteiger partial charge in [-0.3, -0.25) is 0 Å². The molecule has 0 heterocycles. The Balaban J connectivity index is 1.79. The summed E-state index contributed by atoms with van der Waals surface area (Å²) in [5.74, 6) is 1.02. The number of hydrogen-bond acceptors (Lipinski definition) is 0. The van der Waals surface area contributed by atoms with Gasteiger partial charge in [0.1, 0.15) is 11.6 Å². The highest BCUT2D eigenvalue weighted by molar-refractivity contribution is 5.18. The van der Waals surface area contributed by atoms with Crippen LogP contribution >= 0.6 is 0 Å². The van der Waals surface area contributed by atoms with Crippen molar-refractivity contribution < 1.29 is 8.78 Å². The third kappa shape index (κ3) is 4.29. The Labute approximate surface area is 115 Å². The maximum atomic E-state index is 13.5. The first-order valence-electron chi connectivity index (χ1n) is 7.63. The fourth-order valence-corrected chi connectivity index (χ4v) is 3.31. The average molecular weight is 266 g/mol. The van der Waals surface area contributed by atoms with E-state index in [2.05, 4.69) is 6.92 Å². The molecular weight excluding hydrogens is 242 g/mol. The molecule has 2 rings (SSSR count). The topological polar surface area (TPSA) is 0 Å². The SMILES string of the molecule is CCCC1CCC(CCc2cc(F)ccc2F)CC1. The van der Waals surface area contributed by atoms with Crippen LogP contribution in [0.2, 0.25) is 0 Å². The highest BCUT2D eigenvalue weighted by Crippen LogP contribution is 2.33. The van der Waals surface area contributed by atoms with Crippen LogP contribution in [0.5, 0.6) is 0 Å². The summed E-state index contributed by atoms with van der Waals surface area (Å²) in [4.78, 5) is 0. The minimum atomic E-state index is -0.331. The standard InChI is InChI=1S/C17H24F2/c1-2-3-13-4-6-14(7-5-13)8-9-15-12-16(18)10-11-17(15)19/h10-14H,2-9H2,1H3. The second-order valence-electron chi connectivity index (χ2n) is 5.95. The molecule has 0 spiro atoms. The number of halogens is 2. The zero-order valence-corrected chi connectivity index (χ0v) is 11.8. The van der Waals surface area contributed by atoms with Crippen molar-refractivity contribution in [1.82, 2.24) is 0 Å². The molecule has 0 saturated heterocycles. The van der Waals surface area contributed by atoms with Gasteiger partial charge >= 0.3 is 0 Å². The van der Waals surface area contributed by atoms with Gasteiger partial charge in [0.25, 0.3) is 0 Å². The minimum Gasteiger partial charge on any atom is -0.207 e. The van der Waals surface area contributed by atoms with Crippen molar-refractivity contribution in [3.05, 3.63) is 35.4 Å². The molecule has 0 radical (unpaired) electrons. The van der Waals surface area contributed by atoms with Gasteiger partial charge in [-0.05, 0) is 48.4 Å². The van der Waals surface area contributed by atoms with Crippen LogP contribution in [0.15, 0.2) is 18.2 Å². The van der Waals surface area contributed by atoms with Crippen LogP contribution in [-0.2, 0) is 6.42 Å². The lowest BCUT2D eigenvalue weighted by Gasteiger charge is -2.28. The van der Waals surface area contributed by atoms with Crippen molar-refractivity contribution in [3.8, 4) is 0 Å². The van der Waals surface area contributed by atoms with Crippen molar-refractivity contribution >= 4 is 0 Å². The quantitative estimate of drug-likeness (QED) is 0.659. The molecule has 1 aromatic carbocycles. The second kappa shape index (κ2) is 7.02. The minimum absolute atomic E-state index is 0.263. The molecule has 0 bridgehead atoms. The molecule has 0 nitrogen and oxygen atoms in total. The first-order valence-corrected chi connectivity index (χ1v) is 7.63. The molecule has 0 unspecified atom stereocenters. The van der Waals surface area contributed by atoms with Crippen LogP contribution in [0, 0.1) is 23.5 Å². The average Bonchev–Trinajstić information content (AvgIpc) is 2.42. The molecule has 0 atom stereocenters. The maximum Gasteiger partial charge on any atom is 0.126 e. The number of rotatable bonds is 5. The maximum absolute atomic E-state index is 13.5. The highest BCUT2D eigenvalue weighted by Gasteiger charge is 2.20. The smallest absolute Gasteiger partial charge is 0.126 e. The Bertz CT molecular complexity index is 392. The Hall–Kier alpha value is -0.920. The van der Waals surface area contributed by atoms with Crippen LogP contribution in [0.3, 0.4) is 0 Å². The molecule has 1 aliphatic rings. The van der Waals surface area contributed by atoms with Crippen LogP contribution in [0.25, 0.3) is 0 Å². The molecule has 0 N–H and O–H groups in total. The molecule has 0 aliphatic heterocycles. The van der Waals surface area contributed by atoms with Crippen LogP contribution in [0.4, 0.5) is 8.78 Å². The van der Waals surface area contributed by atoms with Crippen molar-refractivity contribution in [2.75, 3.05) is 0 Å². The van der Waals surface area contributed by atoms with E-state index >= 15 is 0 Å². The van der Waals surface area contributed by atoms with Gasteiger partial charge in [0, 0.05) is 0 Å². The van der Waals surface area contributed by atoms with Gasteiger partial charge in [0.2, 0.25) is 0 Å². The van der Waals surface area contributed by atoms with E-state index in [0.29, 0.717) is 17.9 Å². The number of aryl methyl sites for hydroxylation is 1. The van der Waals surface area contributed by atoms with Gasteiger partial charge in [-0.15, -0.1) is 0 Å². The van der Waals surface area contributed by atoms with Gasteiger partial charge in [-0.2, -0.15) is 0 Å². The van der Waals surface area contributed by atoms with Gasteiger partial charge in [-0.25, -0.2) is 8.78 Å². The summed E-state index contributed by atoms with van der Waals surface area (Å²) in [6, 6.07) is 3.77. The summed E-state index contributed by atoms with van der Waals surface area (Å²) in [7, 11) is 0. The predicted molar refractivity (Wildman–Crippen MR) is 75.0 cm³/mol. The van der Waals surface area contributed by atoms with Gasteiger partial charge < -0.3 is 0 Å². The summed E-state index contributed by atoms with van der Waals surface area (Å²) < 4.78 is 26.6. The van der Waals surface area contributed by atoms with Crippen molar-refractivity contribution in [3.63, 3.8) is 0 Å². The Morgan fingerprint density at radius 1 is 1.00 bits per heavy atom. The van der Waals surface area contributed by atoms with Crippen LogP contribution < -0.4 is 0 Å². The lowest BCUT2D eigenvalue weighted by Crippen LogP contribution is -2.15. The monoisotopic (exact) mass is 266 g/mol. The van der Waals surface area contributed by atoms with Gasteiger partial charge in [0.15, 0.2) is 0 Å². The number of benzene rings is 1. The zero-order valence-electron chi connectivity index (χ0n) is 11.8. The van der Waals surface area contributed by atoms with E-state index in [1.54, 1.807) is 0 Å². The lowest BCUT2D eigenvalue weighted by atomic mass is 9.78. The summed E-state index contributed by atoms with van der Waals surface area (Å²) >= 11 is 0. The van der Waals surface area contributed by atoms with Gasteiger partial charge in [0.05, 0.1) is 0 Å². The Morgan fingerprint density at radius 2 is 1.63 bits per heavy atom. The summed E-state index contributed by atoms with van der Waals surface area (Å²) in [6.07, 6.45) is 9.48. The van der Waals surface area contributed by atoms with E-state index in [1.807, 2.05) is 0 Å². The molecule has 1 fully saturated rings. The van der Waals surface area contributed by atoms with E-state index in [1.165, 1.54) is 56.7 Å². The van der Waals surface area contributed by atoms with E-state index in [-0.39, 0.29) is 11.6 Å². The highest BCUT2D eigenvalue weighted by atomic mass is 19.1. The first kappa shape index (κ1) is 14.5. The molecule has 0 amide bonds. The van der Waals surface area contributed by atoms with Crippen molar-refractivity contribution in [2.45, 2.75) is 58.3 Å². The molecule has 19 heavy (non-hydrogen) atoms. The third-order valence-corrected chi connectivity index (χ3v) is 4.49. The van der Waals surface area contributed by atoms with Gasteiger partial charge in [-0.1, -0.05) is 45.4 Å². The molecule has 1 aromatic rings. The summed E-state index contributed by atoms with van der Waals surface area (Å²) in [5, 5.41) is 0. The van der Waals surface area contributed by atoms with E-state index in [4.69, 9.17) is 0 Å². The van der Waals surface area contributed by atoms with Crippen LogP contribution in [-0.4, -0.2) is 0 Å². The van der Waals surface area contributed by atoms with E-state index in [0.717, 1.165) is 12.3 Å². The zero-order chi connectivity index (χ0) is 13.7. The molecule has 2 heteroatoms. The molecule has 1 saturated carbocycles. The fourth-order valence-electron chi connectivity index (χ4n) is 3.31. The lowest BCUT2D eigenvalue weighted by molar-refractivity contribution is 0.252. The first-order chi connectivity index (χ1) is 9.19. The summed E-state index contributed by atoms with van der Waals surface area (Å²) in [6.45, 7) is 2.25. The number of hydrogen-bond donors (Lipinski definition) is 0. The molecular formula is C17H24F2. The molecule has 106 valence electrons. The molecule has 1 aliphatic carbocycles. The van der Waals surface area contributed by atoms with E-state index < -0.39 is 0 Å². The Kier molecular flexibility index (Phi) is 5.35. The van der Waals surface area contributed by atoms with Crippen molar-refractivity contribution in [2.24, 2.45) is 11.8 Å². The van der Waals surface area contributed by atoms with Crippen LogP contribution in [0.1, 0.15) is 57.4 Å². The normalized spacial score (nSPS) is 23.5. The predicted octanol–water partition coefficient (Wildman–Crippen LogP) is 5.50. The van der Waals surface area contributed by atoms with Crippen molar-refractivity contribution in [1.29, 1.82) is 0 Å². The third-order valence-electron chi connectivity index (χ3n) is 4.49. The molecule has 0 aromatic heterocycles. The summed E-state index contributed by atoms with van der Waals surface area (Å²) in [5.41, 5.74) is 0.538. The largest absolute Gasteiger partial charge is 0.207 e. The van der Waals surface area contributed by atoms with E-state index in [9.17, 15) is 8.78 Å². The fraction of sp³-hybridized carbons (Fsp3) is 0.647. The Morgan fingerprint density at radius 3 is 2.26 bits per heavy atom. The second-order valence-corrected chi connectivity index (χ2v) is 5.95.